The lowest BCUT2D eigenvalue weighted by atomic mass is 9.64. The second-order valence-electron chi connectivity index (χ2n) is 12.4. The fraction of sp³-hybridized carbons (Fsp3) is 0.0930. The lowest BCUT2D eigenvalue weighted by Gasteiger charge is -2.46. The third-order valence-corrected chi connectivity index (χ3v) is 9.42. The first-order valence-corrected chi connectivity index (χ1v) is 16.6. The van der Waals surface area contributed by atoms with Gasteiger partial charge in [0.1, 0.15) is 5.82 Å². The summed E-state index contributed by atoms with van der Waals surface area (Å²) in [7, 11) is 0. The summed E-state index contributed by atoms with van der Waals surface area (Å²) in [6.45, 7) is 0. The molecule has 1 fully saturated rings. The van der Waals surface area contributed by atoms with Gasteiger partial charge in [-0.3, -0.25) is 0 Å². The monoisotopic (exact) mass is 640 g/mol. The molecule has 3 N–H and O–H groups in total. The van der Waals surface area contributed by atoms with Gasteiger partial charge in [0, 0.05) is 57.5 Å². The molecule has 0 spiro atoms. The largest absolute Gasteiger partial charge is 0.392 e. The molecule has 0 saturated heterocycles. The smallest absolute Gasteiger partial charge is 0.137 e. The van der Waals surface area contributed by atoms with Crippen molar-refractivity contribution in [1.29, 1.82) is 0 Å². The average molecular weight is 641 g/mol. The molecule has 1 aromatic heterocycles. The number of nitrogens with one attached hydrogen (secondary N) is 1. The summed E-state index contributed by atoms with van der Waals surface area (Å²) in [5.41, 5.74) is 8.84. The Bertz CT molecular complexity index is 2010. The molecule has 49 heavy (non-hydrogen) atoms. The lowest BCUT2D eigenvalue weighted by molar-refractivity contribution is -0.0798. The second kappa shape index (κ2) is 13.3. The van der Waals surface area contributed by atoms with E-state index in [-0.39, 0.29) is 0 Å². The van der Waals surface area contributed by atoms with Crippen molar-refractivity contribution >= 4 is 34.1 Å². The number of H-pyrrole nitrogens is 1. The number of benzene rings is 6. The molecule has 8 rings (SSSR count). The molecule has 240 valence electrons. The van der Waals surface area contributed by atoms with E-state index in [1.54, 1.807) is 6.20 Å². The molecule has 6 aromatic carbocycles. The van der Waals surface area contributed by atoms with Crippen molar-refractivity contribution in [2.45, 2.75) is 24.0 Å². The van der Waals surface area contributed by atoms with Crippen molar-refractivity contribution in [2.24, 2.45) is 0 Å². The average Bonchev–Trinajstić information content (AvgIpc) is 3.64. The van der Waals surface area contributed by atoms with E-state index in [1.165, 1.54) is 0 Å². The first kappa shape index (κ1) is 30.4. The molecule has 1 aliphatic carbocycles. The van der Waals surface area contributed by atoms with Gasteiger partial charge in [-0.15, -0.1) is 0 Å². The maximum atomic E-state index is 11.3. The molecular formula is C43H36N4O2. The summed E-state index contributed by atoms with van der Waals surface area (Å²) in [6, 6.07) is 57.5. The fourth-order valence-corrected chi connectivity index (χ4v) is 6.94. The number of aliphatic hydroxyl groups excluding tert-OH is 2. The molecule has 1 saturated carbocycles. The number of para-hydroxylation sites is 4. The van der Waals surface area contributed by atoms with Gasteiger partial charge in [-0.05, 0) is 90.5 Å². The highest BCUT2D eigenvalue weighted by molar-refractivity contribution is 5.78. The molecule has 0 radical (unpaired) electrons. The molecule has 0 amide bonds. The SMILES string of the molecule is OC1C(c2ccc(N(c3ccccc3)c3ccccc3)cc2)C(O)C1c1cnc(-c2ccc(N(c3ccccc3)c3ccccc3)cc2)[nH]1. The Morgan fingerprint density at radius 2 is 0.796 bits per heavy atom. The number of aliphatic hydroxyl groups is 2. The molecular weight excluding hydrogens is 604 g/mol. The predicted molar refractivity (Wildman–Crippen MR) is 197 cm³/mol. The van der Waals surface area contributed by atoms with Crippen LogP contribution in [-0.2, 0) is 0 Å². The number of aromatic amines is 1. The minimum Gasteiger partial charge on any atom is -0.392 e. The number of anilines is 6. The van der Waals surface area contributed by atoms with Gasteiger partial charge in [-0.2, -0.15) is 0 Å². The highest BCUT2D eigenvalue weighted by atomic mass is 16.3. The van der Waals surface area contributed by atoms with E-state index in [2.05, 4.69) is 92.6 Å². The lowest BCUT2D eigenvalue weighted by Crippen LogP contribution is -2.51. The van der Waals surface area contributed by atoms with E-state index in [0.717, 1.165) is 50.9 Å². The number of rotatable bonds is 9. The molecule has 1 heterocycles. The van der Waals surface area contributed by atoms with E-state index < -0.39 is 24.0 Å². The number of hydrogen-bond acceptors (Lipinski definition) is 5. The topological polar surface area (TPSA) is 75.6 Å². The van der Waals surface area contributed by atoms with Gasteiger partial charge >= 0.3 is 0 Å². The third-order valence-electron chi connectivity index (χ3n) is 9.42. The highest BCUT2D eigenvalue weighted by Crippen LogP contribution is 2.48. The first-order valence-electron chi connectivity index (χ1n) is 16.6. The Morgan fingerprint density at radius 3 is 1.20 bits per heavy atom. The normalized spacial score (nSPS) is 18.4. The number of nitrogens with zero attached hydrogens (tertiary/aromatic N) is 3. The van der Waals surface area contributed by atoms with Crippen LogP contribution in [0.3, 0.4) is 0 Å². The van der Waals surface area contributed by atoms with Crippen molar-refractivity contribution in [3.05, 3.63) is 187 Å². The highest BCUT2D eigenvalue weighted by Gasteiger charge is 2.51. The van der Waals surface area contributed by atoms with Gasteiger partial charge in [0.2, 0.25) is 0 Å². The molecule has 1 aliphatic rings. The van der Waals surface area contributed by atoms with Crippen molar-refractivity contribution in [3.8, 4) is 11.4 Å². The maximum Gasteiger partial charge on any atom is 0.137 e. The zero-order valence-electron chi connectivity index (χ0n) is 26.8. The maximum absolute atomic E-state index is 11.3. The Hall–Kier alpha value is -5.95. The van der Waals surface area contributed by atoms with E-state index in [9.17, 15) is 10.2 Å². The molecule has 6 nitrogen and oxygen atoms in total. The van der Waals surface area contributed by atoms with Gasteiger partial charge in [0.25, 0.3) is 0 Å². The van der Waals surface area contributed by atoms with Crippen molar-refractivity contribution in [2.75, 3.05) is 9.80 Å². The van der Waals surface area contributed by atoms with E-state index >= 15 is 0 Å². The van der Waals surface area contributed by atoms with Gasteiger partial charge < -0.3 is 25.0 Å². The molecule has 6 heteroatoms. The summed E-state index contributed by atoms with van der Waals surface area (Å²) in [5, 5.41) is 22.7. The van der Waals surface area contributed by atoms with Gasteiger partial charge in [-0.1, -0.05) is 84.9 Å². The minimum absolute atomic E-state index is 0.394. The van der Waals surface area contributed by atoms with Crippen LogP contribution in [-0.4, -0.2) is 32.4 Å². The van der Waals surface area contributed by atoms with Crippen LogP contribution in [0.1, 0.15) is 23.1 Å². The summed E-state index contributed by atoms with van der Waals surface area (Å²) in [4.78, 5) is 12.4. The Balaban J connectivity index is 0.993. The number of aromatic nitrogens is 2. The van der Waals surface area contributed by atoms with E-state index in [4.69, 9.17) is 0 Å². The van der Waals surface area contributed by atoms with Crippen LogP contribution in [0, 0.1) is 0 Å². The standard InChI is InChI=1S/C43H36N4O2/c48-41-39(30-21-25-36(26-22-30)46(32-13-5-1-6-14-32)33-15-7-2-8-16-33)42(49)40(41)38-29-44-43(45-38)31-23-27-37(28-24-31)47(34-17-9-3-10-18-34)35-19-11-4-12-20-35/h1-29,39-42,48-49H,(H,44,45). The fourth-order valence-electron chi connectivity index (χ4n) is 6.94. The van der Waals surface area contributed by atoms with Gasteiger partial charge in [-0.25, -0.2) is 4.98 Å². The molecule has 0 aliphatic heterocycles. The molecule has 2 unspecified atom stereocenters. The van der Waals surface area contributed by atoms with E-state index in [0.29, 0.717) is 5.82 Å². The van der Waals surface area contributed by atoms with Crippen LogP contribution in [0.4, 0.5) is 34.1 Å². The Labute approximate surface area is 286 Å². The molecule has 7 aromatic rings. The van der Waals surface area contributed by atoms with Crippen molar-refractivity contribution in [1.82, 2.24) is 9.97 Å². The van der Waals surface area contributed by atoms with Crippen LogP contribution in [0.5, 0.6) is 0 Å². The summed E-state index contributed by atoms with van der Waals surface area (Å²) < 4.78 is 0. The van der Waals surface area contributed by atoms with Crippen molar-refractivity contribution in [3.63, 3.8) is 0 Å². The molecule has 2 atom stereocenters. The minimum atomic E-state index is -0.749. The van der Waals surface area contributed by atoms with Crippen molar-refractivity contribution < 1.29 is 10.2 Å². The number of imidazole rings is 1. The van der Waals surface area contributed by atoms with E-state index in [1.807, 2.05) is 97.1 Å². The Kier molecular flexibility index (Phi) is 8.23. The van der Waals surface area contributed by atoms with Crippen LogP contribution in [0.15, 0.2) is 176 Å². The third kappa shape index (κ3) is 5.89. The first-order chi connectivity index (χ1) is 24.2. The van der Waals surface area contributed by atoms with Crippen LogP contribution in [0.2, 0.25) is 0 Å². The van der Waals surface area contributed by atoms with Gasteiger partial charge in [0.05, 0.1) is 18.1 Å². The summed E-state index contributed by atoms with van der Waals surface area (Å²) >= 11 is 0. The van der Waals surface area contributed by atoms with Crippen LogP contribution < -0.4 is 9.80 Å². The summed E-state index contributed by atoms with van der Waals surface area (Å²) in [5.74, 6) is -0.155. The summed E-state index contributed by atoms with van der Waals surface area (Å²) in [6.07, 6.45) is 0.236. The quantitative estimate of drug-likeness (QED) is 0.147. The van der Waals surface area contributed by atoms with Crippen LogP contribution in [0.25, 0.3) is 11.4 Å². The number of hydrogen-bond donors (Lipinski definition) is 3. The second-order valence-corrected chi connectivity index (χ2v) is 12.4. The Morgan fingerprint density at radius 1 is 0.429 bits per heavy atom. The zero-order chi connectivity index (χ0) is 33.2. The molecule has 0 bridgehead atoms. The predicted octanol–water partition coefficient (Wildman–Crippen LogP) is 9.62. The van der Waals surface area contributed by atoms with Crippen LogP contribution >= 0.6 is 0 Å². The van der Waals surface area contributed by atoms with Gasteiger partial charge in [0.15, 0.2) is 0 Å². The zero-order valence-corrected chi connectivity index (χ0v) is 26.8.